The molecule has 0 fully saturated rings. The summed E-state index contributed by atoms with van der Waals surface area (Å²) in [5, 5.41) is 3.16. The molecule has 0 amide bonds. The van der Waals surface area contributed by atoms with Gasteiger partial charge in [0.25, 0.3) is 0 Å². The van der Waals surface area contributed by atoms with Gasteiger partial charge in [0.1, 0.15) is 5.75 Å². The highest BCUT2D eigenvalue weighted by atomic mass is 16.5. The number of carbonyl (C=O) groups excluding carboxylic acids is 1. The van der Waals surface area contributed by atoms with E-state index in [9.17, 15) is 4.79 Å². The van der Waals surface area contributed by atoms with Crippen LogP contribution in [0.5, 0.6) is 5.75 Å². The zero-order chi connectivity index (χ0) is 21.7. The molecule has 1 atom stereocenters. The van der Waals surface area contributed by atoms with Crippen molar-refractivity contribution in [2.45, 2.75) is 32.1 Å². The van der Waals surface area contributed by atoms with Crippen LogP contribution in [0.1, 0.15) is 36.8 Å². The molecule has 0 unspecified atom stereocenters. The van der Waals surface area contributed by atoms with Gasteiger partial charge in [0.15, 0.2) is 0 Å². The average Bonchev–Trinajstić information content (AvgIpc) is 2.81. The van der Waals surface area contributed by atoms with Crippen LogP contribution in [-0.4, -0.2) is 35.7 Å². The van der Waals surface area contributed by atoms with Gasteiger partial charge in [0.05, 0.1) is 19.6 Å². The second-order valence-corrected chi connectivity index (χ2v) is 7.17. The summed E-state index contributed by atoms with van der Waals surface area (Å²) in [4.78, 5) is 20.3. The van der Waals surface area contributed by atoms with Crippen LogP contribution in [0, 0.1) is 0 Å². The van der Waals surface area contributed by atoms with E-state index in [-0.39, 0.29) is 11.9 Å². The number of benzene rings is 2. The summed E-state index contributed by atoms with van der Waals surface area (Å²) in [6.07, 6.45) is 5.40. The van der Waals surface area contributed by atoms with Crippen molar-refractivity contribution in [1.82, 2.24) is 9.97 Å². The van der Waals surface area contributed by atoms with Crippen molar-refractivity contribution in [2.75, 3.05) is 25.1 Å². The fourth-order valence-corrected chi connectivity index (χ4v) is 3.31. The number of esters is 1. The Morgan fingerprint density at radius 3 is 2.45 bits per heavy atom. The lowest BCUT2D eigenvalue weighted by molar-refractivity contribution is -0.143. The van der Waals surface area contributed by atoms with Gasteiger partial charge >= 0.3 is 5.97 Å². The molecule has 0 saturated heterocycles. The molecule has 31 heavy (non-hydrogen) atoms. The minimum absolute atomic E-state index is 0.0818. The van der Waals surface area contributed by atoms with Crippen LogP contribution < -0.4 is 10.1 Å². The Kier molecular flexibility index (Phi) is 8.86. The summed E-state index contributed by atoms with van der Waals surface area (Å²) >= 11 is 0. The number of nitrogens with one attached hydrogen (secondary N) is 1. The van der Waals surface area contributed by atoms with Crippen molar-refractivity contribution in [3.05, 3.63) is 84.2 Å². The summed E-state index contributed by atoms with van der Waals surface area (Å²) in [5.74, 6) is 1.38. The molecule has 0 aliphatic rings. The molecule has 1 aromatic heterocycles. The molecule has 6 nitrogen and oxygen atoms in total. The van der Waals surface area contributed by atoms with E-state index in [1.54, 1.807) is 18.5 Å². The van der Waals surface area contributed by atoms with Crippen molar-refractivity contribution >= 4 is 11.9 Å². The summed E-state index contributed by atoms with van der Waals surface area (Å²) in [7, 11) is 0. The number of hydrogen-bond donors (Lipinski definition) is 1. The molecule has 0 radical (unpaired) electrons. The van der Waals surface area contributed by atoms with Gasteiger partial charge in [-0.3, -0.25) is 4.79 Å². The van der Waals surface area contributed by atoms with Crippen molar-refractivity contribution in [1.29, 1.82) is 0 Å². The Balaban J connectivity index is 1.48. The maximum Gasteiger partial charge on any atom is 0.306 e. The molecule has 0 aliphatic heterocycles. The zero-order valence-corrected chi connectivity index (χ0v) is 17.9. The molecular formula is C25H29N3O3. The second-order valence-electron chi connectivity index (χ2n) is 7.17. The first-order valence-corrected chi connectivity index (χ1v) is 10.7. The third kappa shape index (κ3) is 7.74. The van der Waals surface area contributed by atoms with E-state index in [2.05, 4.69) is 39.6 Å². The van der Waals surface area contributed by atoms with Crippen molar-refractivity contribution in [2.24, 2.45) is 0 Å². The molecule has 1 N–H and O–H groups in total. The van der Waals surface area contributed by atoms with E-state index in [1.165, 1.54) is 0 Å². The predicted octanol–water partition coefficient (Wildman–Crippen LogP) is 4.64. The Morgan fingerprint density at radius 2 is 1.74 bits per heavy atom. The molecule has 3 rings (SSSR count). The third-order valence-electron chi connectivity index (χ3n) is 4.83. The first-order chi connectivity index (χ1) is 15.2. The average molecular weight is 420 g/mol. The normalized spacial score (nSPS) is 11.5. The largest absolute Gasteiger partial charge is 0.494 e. The van der Waals surface area contributed by atoms with E-state index in [0.29, 0.717) is 25.6 Å². The molecule has 0 spiro atoms. The highest BCUT2D eigenvalue weighted by Crippen LogP contribution is 2.26. The summed E-state index contributed by atoms with van der Waals surface area (Å²) in [5.41, 5.74) is 2.30. The predicted molar refractivity (Wildman–Crippen MR) is 121 cm³/mol. The van der Waals surface area contributed by atoms with Gasteiger partial charge in [-0.25, -0.2) is 9.97 Å². The van der Waals surface area contributed by atoms with Gasteiger partial charge in [0, 0.05) is 18.9 Å². The van der Waals surface area contributed by atoms with Gasteiger partial charge in [-0.05, 0) is 55.0 Å². The molecule has 2 aromatic carbocycles. The summed E-state index contributed by atoms with van der Waals surface area (Å²) < 4.78 is 11.0. The smallest absolute Gasteiger partial charge is 0.306 e. The zero-order valence-electron chi connectivity index (χ0n) is 17.9. The lowest BCUT2D eigenvalue weighted by atomic mass is 9.89. The maximum absolute atomic E-state index is 12.1. The van der Waals surface area contributed by atoms with Gasteiger partial charge in [0.2, 0.25) is 5.95 Å². The molecular weight excluding hydrogens is 390 g/mol. The molecule has 3 aromatic rings. The second kappa shape index (κ2) is 12.3. The maximum atomic E-state index is 12.1. The lowest BCUT2D eigenvalue weighted by Crippen LogP contribution is -2.12. The Bertz CT molecular complexity index is 902. The topological polar surface area (TPSA) is 73.3 Å². The SMILES string of the molecule is CCOC(=O)C[C@H](Cc1ccc(OCCCNc2ncccn2)cc1)c1ccccc1. The molecule has 0 saturated carbocycles. The van der Waals surface area contributed by atoms with Crippen molar-refractivity contribution in [3.63, 3.8) is 0 Å². The lowest BCUT2D eigenvalue weighted by Gasteiger charge is -2.17. The standard InChI is InChI=1S/C25H29N3O3/c1-2-30-24(29)19-22(21-8-4-3-5-9-21)18-20-10-12-23(13-11-20)31-17-7-16-28-25-26-14-6-15-27-25/h3-6,8-15,22H,2,7,16-19H2,1H3,(H,26,27,28)/t22-/m0/s1. The van der Waals surface area contributed by atoms with Crippen LogP contribution in [0.4, 0.5) is 5.95 Å². The van der Waals surface area contributed by atoms with E-state index in [4.69, 9.17) is 9.47 Å². The number of anilines is 1. The minimum atomic E-state index is -0.161. The molecule has 1 heterocycles. The van der Waals surface area contributed by atoms with Gasteiger partial charge in [-0.2, -0.15) is 0 Å². The minimum Gasteiger partial charge on any atom is -0.494 e. The van der Waals surface area contributed by atoms with E-state index in [0.717, 1.165) is 36.3 Å². The van der Waals surface area contributed by atoms with Gasteiger partial charge in [-0.1, -0.05) is 42.5 Å². The van der Waals surface area contributed by atoms with Crippen LogP contribution in [-0.2, 0) is 16.0 Å². The number of nitrogens with zero attached hydrogens (tertiary/aromatic N) is 2. The van der Waals surface area contributed by atoms with Crippen molar-refractivity contribution in [3.8, 4) is 5.75 Å². The highest BCUT2D eigenvalue weighted by molar-refractivity contribution is 5.70. The Labute approximate surface area is 183 Å². The summed E-state index contributed by atoms with van der Waals surface area (Å²) in [6, 6.07) is 20.0. The fraction of sp³-hybridized carbons (Fsp3) is 0.320. The Hall–Kier alpha value is -3.41. The number of rotatable bonds is 12. The van der Waals surface area contributed by atoms with Crippen LogP contribution in [0.2, 0.25) is 0 Å². The first-order valence-electron chi connectivity index (χ1n) is 10.7. The number of carbonyl (C=O) groups is 1. The quantitative estimate of drug-likeness (QED) is 0.341. The number of ether oxygens (including phenoxy) is 2. The van der Waals surface area contributed by atoms with Crippen LogP contribution in [0.3, 0.4) is 0 Å². The number of aromatic nitrogens is 2. The first kappa shape index (κ1) is 22.3. The van der Waals surface area contributed by atoms with Crippen LogP contribution >= 0.6 is 0 Å². The Morgan fingerprint density at radius 1 is 1.00 bits per heavy atom. The van der Waals surface area contributed by atoms with Gasteiger partial charge in [-0.15, -0.1) is 0 Å². The van der Waals surface area contributed by atoms with E-state index >= 15 is 0 Å². The molecule has 6 heteroatoms. The fourth-order valence-electron chi connectivity index (χ4n) is 3.31. The molecule has 0 bridgehead atoms. The highest BCUT2D eigenvalue weighted by Gasteiger charge is 2.17. The third-order valence-corrected chi connectivity index (χ3v) is 4.83. The van der Waals surface area contributed by atoms with Crippen LogP contribution in [0.25, 0.3) is 0 Å². The van der Waals surface area contributed by atoms with E-state index < -0.39 is 0 Å². The van der Waals surface area contributed by atoms with Gasteiger partial charge < -0.3 is 14.8 Å². The number of hydrogen-bond acceptors (Lipinski definition) is 6. The summed E-state index contributed by atoms with van der Waals surface area (Å²) in [6.45, 7) is 3.59. The van der Waals surface area contributed by atoms with Crippen LogP contribution in [0.15, 0.2) is 73.1 Å². The monoisotopic (exact) mass is 419 g/mol. The van der Waals surface area contributed by atoms with Crippen molar-refractivity contribution < 1.29 is 14.3 Å². The molecule has 0 aliphatic carbocycles. The van der Waals surface area contributed by atoms with E-state index in [1.807, 2.05) is 37.3 Å². The molecule has 162 valence electrons.